The van der Waals surface area contributed by atoms with Crippen molar-refractivity contribution < 1.29 is 13.5 Å². The van der Waals surface area contributed by atoms with E-state index in [1.807, 2.05) is 13.8 Å². The molecule has 2 rings (SSSR count). The Morgan fingerprint density at radius 3 is 2.22 bits per heavy atom. The third kappa shape index (κ3) is 2.86. The Morgan fingerprint density at radius 1 is 0.889 bits per heavy atom. The molecule has 2 aromatic rings. The van der Waals surface area contributed by atoms with E-state index in [4.69, 9.17) is 4.74 Å². The lowest BCUT2D eigenvalue weighted by Gasteiger charge is -2.11. The molecule has 18 heavy (non-hydrogen) atoms. The van der Waals surface area contributed by atoms with Gasteiger partial charge in [0.05, 0.1) is 0 Å². The van der Waals surface area contributed by atoms with Crippen LogP contribution in [-0.4, -0.2) is 0 Å². The number of aryl methyl sites for hydroxylation is 2. The minimum Gasteiger partial charge on any atom is -0.489 e. The number of halogens is 2. The number of rotatable bonds is 3. The molecule has 0 aliphatic heterocycles. The minimum absolute atomic E-state index is 0.230. The predicted octanol–water partition coefficient (Wildman–Crippen LogP) is 4.16. The van der Waals surface area contributed by atoms with Crippen LogP contribution in [0.4, 0.5) is 8.78 Å². The van der Waals surface area contributed by atoms with Gasteiger partial charge in [-0.1, -0.05) is 12.1 Å². The second-order valence-corrected chi connectivity index (χ2v) is 4.27. The minimum atomic E-state index is -0.341. The highest BCUT2D eigenvalue weighted by molar-refractivity contribution is 5.33. The van der Waals surface area contributed by atoms with Gasteiger partial charge in [-0.2, -0.15) is 0 Å². The SMILES string of the molecule is Cc1ccc(F)cc1COc1cc(F)ccc1C. The number of hydrogen-bond acceptors (Lipinski definition) is 1. The molecule has 1 nitrogen and oxygen atoms in total. The molecule has 0 unspecified atom stereocenters. The van der Waals surface area contributed by atoms with Crippen LogP contribution in [0.2, 0.25) is 0 Å². The highest BCUT2D eigenvalue weighted by atomic mass is 19.1. The molecule has 0 bridgehead atoms. The van der Waals surface area contributed by atoms with Gasteiger partial charge < -0.3 is 4.74 Å². The molecular weight excluding hydrogens is 234 g/mol. The smallest absolute Gasteiger partial charge is 0.126 e. The van der Waals surface area contributed by atoms with Crippen LogP contribution in [0.15, 0.2) is 36.4 Å². The Balaban J connectivity index is 2.16. The summed E-state index contributed by atoms with van der Waals surface area (Å²) in [4.78, 5) is 0. The summed E-state index contributed by atoms with van der Waals surface area (Å²) in [5, 5.41) is 0. The second kappa shape index (κ2) is 5.17. The molecule has 0 amide bonds. The van der Waals surface area contributed by atoms with E-state index in [1.54, 1.807) is 12.1 Å². The fraction of sp³-hybridized carbons (Fsp3) is 0.200. The molecule has 0 spiro atoms. The van der Waals surface area contributed by atoms with Gasteiger partial charge in [-0.25, -0.2) is 8.78 Å². The zero-order valence-corrected chi connectivity index (χ0v) is 10.3. The van der Waals surface area contributed by atoms with Crippen molar-refractivity contribution in [1.29, 1.82) is 0 Å². The molecular formula is C15H14F2O. The van der Waals surface area contributed by atoms with Gasteiger partial charge in [0.1, 0.15) is 24.0 Å². The van der Waals surface area contributed by atoms with Gasteiger partial charge in [-0.3, -0.25) is 0 Å². The summed E-state index contributed by atoms with van der Waals surface area (Å²) in [7, 11) is 0. The third-order valence-electron chi connectivity index (χ3n) is 2.84. The molecule has 0 aliphatic rings. The van der Waals surface area contributed by atoms with Crippen molar-refractivity contribution in [2.45, 2.75) is 20.5 Å². The average Bonchev–Trinajstić information content (AvgIpc) is 2.34. The van der Waals surface area contributed by atoms with Crippen LogP contribution in [0.3, 0.4) is 0 Å². The Labute approximate surface area is 105 Å². The predicted molar refractivity (Wildman–Crippen MR) is 66.6 cm³/mol. The van der Waals surface area contributed by atoms with Crippen molar-refractivity contribution in [3.63, 3.8) is 0 Å². The molecule has 3 heteroatoms. The highest BCUT2D eigenvalue weighted by Crippen LogP contribution is 2.21. The zero-order valence-electron chi connectivity index (χ0n) is 10.3. The first kappa shape index (κ1) is 12.6. The lowest BCUT2D eigenvalue weighted by Crippen LogP contribution is -2.00. The van der Waals surface area contributed by atoms with E-state index >= 15 is 0 Å². The molecule has 0 aliphatic carbocycles. The summed E-state index contributed by atoms with van der Waals surface area (Å²) in [6.45, 7) is 3.96. The van der Waals surface area contributed by atoms with Crippen molar-refractivity contribution in [1.82, 2.24) is 0 Å². The van der Waals surface area contributed by atoms with Gasteiger partial charge in [0, 0.05) is 6.07 Å². The number of ether oxygens (including phenoxy) is 1. The third-order valence-corrected chi connectivity index (χ3v) is 2.84. The van der Waals surface area contributed by atoms with E-state index < -0.39 is 0 Å². The van der Waals surface area contributed by atoms with Crippen LogP contribution >= 0.6 is 0 Å². The maximum atomic E-state index is 13.1. The van der Waals surface area contributed by atoms with Crippen molar-refractivity contribution in [3.05, 3.63) is 64.7 Å². The number of hydrogen-bond donors (Lipinski definition) is 0. The molecule has 0 radical (unpaired) electrons. The van der Waals surface area contributed by atoms with Crippen LogP contribution in [0, 0.1) is 25.5 Å². The monoisotopic (exact) mass is 248 g/mol. The van der Waals surface area contributed by atoms with Crippen LogP contribution in [0.25, 0.3) is 0 Å². The summed E-state index contributed by atoms with van der Waals surface area (Å²) in [6, 6.07) is 8.92. The van der Waals surface area contributed by atoms with E-state index in [0.29, 0.717) is 5.75 Å². The summed E-state index contributed by atoms with van der Waals surface area (Å²) >= 11 is 0. The molecule has 0 saturated carbocycles. The second-order valence-electron chi connectivity index (χ2n) is 4.27. The lowest BCUT2D eigenvalue weighted by atomic mass is 10.1. The van der Waals surface area contributed by atoms with E-state index in [0.717, 1.165) is 16.7 Å². The van der Waals surface area contributed by atoms with Gasteiger partial charge in [0.15, 0.2) is 0 Å². The van der Waals surface area contributed by atoms with Crippen LogP contribution in [-0.2, 0) is 6.61 Å². The summed E-state index contributed by atoms with van der Waals surface area (Å²) in [5.74, 6) is -0.152. The van der Waals surface area contributed by atoms with Crippen LogP contribution in [0.5, 0.6) is 5.75 Å². The summed E-state index contributed by atoms with van der Waals surface area (Å²) in [6.07, 6.45) is 0. The van der Waals surface area contributed by atoms with Gasteiger partial charge in [0.25, 0.3) is 0 Å². The van der Waals surface area contributed by atoms with Crippen LogP contribution < -0.4 is 4.74 Å². The molecule has 0 aromatic heterocycles. The van der Waals surface area contributed by atoms with Gasteiger partial charge in [-0.05, 0) is 48.7 Å². The standard InChI is InChI=1S/C15H14F2O/c1-10-3-5-13(16)7-12(10)9-18-15-8-14(17)6-4-11(15)2/h3-8H,9H2,1-2H3. The normalized spacial score (nSPS) is 10.4. The van der Waals surface area contributed by atoms with Gasteiger partial charge in [-0.15, -0.1) is 0 Å². The van der Waals surface area contributed by atoms with Crippen molar-refractivity contribution in [3.8, 4) is 5.75 Å². The largest absolute Gasteiger partial charge is 0.489 e. The maximum absolute atomic E-state index is 13.1. The summed E-state index contributed by atoms with van der Waals surface area (Å²) in [5.41, 5.74) is 2.56. The zero-order chi connectivity index (χ0) is 13.1. The van der Waals surface area contributed by atoms with Gasteiger partial charge in [0.2, 0.25) is 0 Å². The molecule has 2 aromatic carbocycles. The molecule has 0 fully saturated rings. The highest BCUT2D eigenvalue weighted by Gasteiger charge is 2.05. The van der Waals surface area contributed by atoms with Crippen molar-refractivity contribution >= 4 is 0 Å². The lowest BCUT2D eigenvalue weighted by molar-refractivity contribution is 0.301. The molecule has 0 N–H and O–H groups in total. The Hall–Kier alpha value is -1.90. The molecule has 94 valence electrons. The van der Waals surface area contributed by atoms with Gasteiger partial charge >= 0.3 is 0 Å². The molecule has 0 atom stereocenters. The van der Waals surface area contributed by atoms with E-state index in [-0.39, 0.29) is 18.2 Å². The summed E-state index contributed by atoms with van der Waals surface area (Å²) < 4.78 is 31.7. The first-order valence-electron chi connectivity index (χ1n) is 5.70. The number of benzene rings is 2. The fourth-order valence-corrected chi connectivity index (χ4v) is 1.68. The molecule has 0 saturated heterocycles. The molecule has 0 heterocycles. The quantitative estimate of drug-likeness (QED) is 0.792. The fourth-order valence-electron chi connectivity index (χ4n) is 1.68. The Bertz CT molecular complexity index is 513. The van der Waals surface area contributed by atoms with E-state index in [1.165, 1.54) is 24.3 Å². The Morgan fingerprint density at radius 2 is 1.50 bits per heavy atom. The maximum Gasteiger partial charge on any atom is 0.126 e. The first-order valence-corrected chi connectivity index (χ1v) is 5.70. The topological polar surface area (TPSA) is 9.23 Å². The van der Waals surface area contributed by atoms with E-state index in [9.17, 15) is 8.78 Å². The Kier molecular flexibility index (Phi) is 3.60. The van der Waals surface area contributed by atoms with Crippen LogP contribution in [0.1, 0.15) is 16.7 Å². The average molecular weight is 248 g/mol. The van der Waals surface area contributed by atoms with Crippen molar-refractivity contribution in [2.24, 2.45) is 0 Å². The van der Waals surface area contributed by atoms with E-state index in [2.05, 4.69) is 0 Å². The van der Waals surface area contributed by atoms with Crippen molar-refractivity contribution in [2.75, 3.05) is 0 Å². The first-order chi connectivity index (χ1) is 8.56.